The number of fused-ring (bicyclic) bond motifs is 1. The Morgan fingerprint density at radius 1 is 1.16 bits per heavy atom. The minimum absolute atomic E-state index is 0.0167. The van der Waals surface area contributed by atoms with Gasteiger partial charge in [-0.05, 0) is 25.7 Å². The highest BCUT2D eigenvalue weighted by Gasteiger charge is 2.55. The van der Waals surface area contributed by atoms with Crippen LogP contribution in [0.3, 0.4) is 0 Å². The van der Waals surface area contributed by atoms with Gasteiger partial charge >= 0.3 is 5.97 Å². The zero-order valence-electron chi connectivity index (χ0n) is 11.4. The number of carbonyl (C=O) groups is 1. The summed E-state index contributed by atoms with van der Waals surface area (Å²) in [5.74, 6) is -1.01. The molecule has 3 rings (SSSR count). The Hall–Kier alpha value is -0.650. The summed E-state index contributed by atoms with van der Waals surface area (Å²) in [4.78, 5) is 11.7. The van der Waals surface area contributed by atoms with Gasteiger partial charge in [0.15, 0.2) is 11.4 Å². The van der Waals surface area contributed by atoms with E-state index in [0.717, 1.165) is 25.7 Å². The molecule has 1 spiro atoms. The van der Waals surface area contributed by atoms with Gasteiger partial charge in [-0.25, -0.2) is 4.79 Å². The van der Waals surface area contributed by atoms with Crippen molar-refractivity contribution >= 4 is 5.97 Å². The molecule has 19 heavy (non-hydrogen) atoms. The molecule has 2 aliphatic carbocycles. The molecule has 0 aromatic carbocycles. The number of ether oxygens (including phenoxy) is 3. The van der Waals surface area contributed by atoms with Gasteiger partial charge in [0.05, 0.1) is 19.3 Å². The van der Waals surface area contributed by atoms with Crippen LogP contribution in [0, 0.1) is 0 Å². The van der Waals surface area contributed by atoms with Crippen LogP contribution in [0.2, 0.25) is 0 Å². The molecule has 0 bridgehead atoms. The second-order valence-electron chi connectivity index (χ2n) is 6.05. The summed E-state index contributed by atoms with van der Waals surface area (Å²) in [7, 11) is 1.31. The Morgan fingerprint density at radius 2 is 1.84 bits per heavy atom. The Balaban J connectivity index is 1.71. The van der Waals surface area contributed by atoms with Gasteiger partial charge in [0, 0.05) is 19.3 Å². The molecule has 0 unspecified atom stereocenters. The molecule has 1 heterocycles. The lowest BCUT2D eigenvalue weighted by molar-refractivity contribution is -0.195. The molecule has 2 saturated carbocycles. The first kappa shape index (κ1) is 13.3. The zero-order valence-corrected chi connectivity index (χ0v) is 11.4. The van der Waals surface area contributed by atoms with Gasteiger partial charge in [0.1, 0.15) is 0 Å². The fraction of sp³-hybridized carbons (Fsp3) is 0.929. The Labute approximate surface area is 113 Å². The summed E-state index contributed by atoms with van der Waals surface area (Å²) < 4.78 is 16.9. The lowest BCUT2D eigenvalue weighted by atomic mass is 9.81. The third kappa shape index (κ3) is 2.28. The average Bonchev–Trinajstić information content (AvgIpc) is 2.75. The largest absolute Gasteiger partial charge is 0.467 e. The molecule has 0 aromatic rings. The van der Waals surface area contributed by atoms with Crippen molar-refractivity contribution < 1.29 is 24.1 Å². The van der Waals surface area contributed by atoms with Crippen LogP contribution < -0.4 is 0 Å². The second-order valence-corrected chi connectivity index (χ2v) is 6.05. The number of methoxy groups -OCH3 is 1. The van der Waals surface area contributed by atoms with Gasteiger partial charge in [-0.15, -0.1) is 0 Å². The average molecular weight is 270 g/mol. The van der Waals surface area contributed by atoms with Gasteiger partial charge < -0.3 is 19.3 Å². The maximum atomic E-state index is 11.7. The van der Waals surface area contributed by atoms with Crippen molar-refractivity contribution in [3.05, 3.63) is 0 Å². The summed E-state index contributed by atoms with van der Waals surface area (Å²) >= 11 is 0. The molecule has 5 nitrogen and oxygen atoms in total. The maximum absolute atomic E-state index is 11.7. The van der Waals surface area contributed by atoms with Crippen molar-refractivity contribution in [1.82, 2.24) is 0 Å². The first-order valence-electron chi connectivity index (χ1n) is 7.23. The number of esters is 1. The highest BCUT2D eigenvalue weighted by molar-refractivity contribution is 5.79. The van der Waals surface area contributed by atoms with E-state index in [2.05, 4.69) is 0 Å². The topological polar surface area (TPSA) is 65.0 Å². The van der Waals surface area contributed by atoms with Gasteiger partial charge in [-0.3, -0.25) is 0 Å². The minimum Gasteiger partial charge on any atom is -0.467 e. The van der Waals surface area contributed by atoms with Crippen LogP contribution >= 0.6 is 0 Å². The zero-order chi connectivity index (χ0) is 13.5. The number of aliphatic hydroxyl groups is 1. The lowest BCUT2D eigenvalue weighted by Gasteiger charge is -2.34. The maximum Gasteiger partial charge on any atom is 0.337 e. The molecule has 108 valence electrons. The Bertz CT molecular complexity index is 363. The quantitative estimate of drug-likeness (QED) is 0.732. The van der Waals surface area contributed by atoms with Crippen LogP contribution in [0.5, 0.6) is 0 Å². The van der Waals surface area contributed by atoms with Crippen LogP contribution in [0.15, 0.2) is 0 Å². The number of rotatable bonds is 1. The molecule has 0 radical (unpaired) electrons. The van der Waals surface area contributed by atoms with Crippen molar-refractivity contribution in [3.8, 4) is 0 Å². The summed E-state index contributed by atoms with van der Waals surface area (Å²) in [6, 6.07) is 0. The molecule has 3 fully saturated rings. The summed E-state index contributed by atoms with van der Waals surface area (Å²) in [6.45, 7) is 0. The molecular weight excluding hydrogens is 248 g/mol. The molecule has 0 amide bonds. The van der Waals surface area contributed by atoms with Crippen LogP contribution in [-0.2, 0) is 19.0 Å². The molecular formula is C14H22O5. The molecule has 5 heteroatoms. The van der Waals surface area contributed by atoms with E-state index in [4.69, 9.17) is 14.2 Å². The molecule has 3 aliphatic rings. The standard InChI is InChI=1S/C14H22O5/c1-17-12(15)13(16)8-5-10-11(9-13)19-14(18-10)6-3-2-4-7-14/h10-11,16H,2-9H2,1H3/t10-,11+,13+/m0/s1. The van der Waals surface area contributed by atoms with Crippen molar-refractivity contribution in [2.24, 2.45) is 0 Å². The van der Waals surface area contributed by atoms with Gasteiger partial charge in [-0.2, -0.15) is 0 Å². The van der Waals surface area contributed by atoms with Crippen LogP contribution in [0.25, 0.3) is 0 Å². The second kappa shape index (κ2) is 4.72. The van der Waals surface area contributed by atoms with E-state index in [1.165, 1.54) is 13.5 Å². The first-order valence-corrected chi connectivity index (χ1v) is 7.23. The third-order valence-electron chi connectivity index (χ3n) is 4.71. The van der Waals surface area contributed by atoms with Crippen molar-refractivity contribution in [1.29, 1.82) is 0 Å². The minimum atomic E-state index is -1.40. The van der Waals surface area contributed by atoms with Gasteiger partial charge in [0.2, 0.25) is 0 Å². The fourth-order valence-corrected chi connectivity index (χ4v) is 3.67. The van der Waals surface area contributed by atoms with E-state index in [9.17, 15) is 9.90 Å². The predicted molar refractivity (Wildman–Crippen MR) is 66.4 cm³/mol. The summed E-state index contributed by atoms with van der Waals surface area (Å²) in [5.41, 5.74) is -1.40. The highest BCUT2D eigenvalue weighted by Crippen LogP contribution is 2.46. The van der Waals surface area contributed by atoms with Gasteiger partial charge in [-0.1, -0.05) is 6.42 Å². The van der Waals surface area contributed by atoms with E-state index in [1.54, 1.807) is 0 Å². The van der Waals surface area contributed by atoms with Crippen LogP contribution in [-0.4, -0.2) is 41.8 Å². The smallest absolute Gasteiger partial charge is 0.337 e. The van der Waals surface area contributed by atoms with E-state index < -0.39 is 17.4 Å². The first-order chi connectivity index (χ1) is 9.07. The molecule has 0 aromatic heterocycles. The van der Waals surface area contributed by atoms with E-state index in [1.807, 2.05) is 0 Å². The normalized spacial score (nSPS) is 40.9. The van der Waals surface area contributed by atoms with Crippen LogP contribution in [0.4, 0.5) is 0 Å². The number of hydrogen-bond acceptors (Lipinski definition) is 5. The lowest BCUT2D eigenvalue weighted by Crippen LogP contribution is -2.49. The molecule has 1 N–H and O–H groups in total. The third-order valence-corrected chi connectivity index (χ3v) is 4.71. The van der Waals surface area contributed by atoms with E-state index in [0.29, 0.717) is 12.8 Å². The molecule has 1 saturated heterocycles. The monoisotopic (exact) mass is 270 g/mol. The van der Waals surface area contributed by atoms with Crippen molar-refractivity contribution in [2.75, 3.05) is 7.11 Å². The SMILES string of the molecule is COC(=O)[C@@]1(O)CC[C@@H]2OC3(CCCCC3)O[C@@H]2C1. The Morgan fingerprint density at radius 3 is 2.53 bits per heavy atom. The Kier molecular flexibility index (Phi) is 3.31. The summed E-state index contributed by atoms with van der Waals surface area (Å²) in [5, 5.41) is 10.4. The van der Waals surface area contributed by atoms with Crippen molar-refractivity contribution in [3.63, 3.8) is 0 Å². The fourth-order valence-electron chi connectivity index (χ4n) is 3.67. The summed E-state index contributed by atoms with van der Waals surface area (Å²) in [6.07, 6.45) is 6.49. The van der Waals surface area contributed by atoms with Gasteiger partial charge in [0.25, 0.3) is 0 Å². The number of carbonyl (C=O) groups excluding carboxylic acids is 1. The molecule has 3 atom stereocenters. The number of hydrogen-bond donors (Lipinski definition) is 1. The molecule has 1 aliphatic heterocycles. The van der Waals surface area contributed by atoms with E-state index in [-0.39, 0.29) is 18.6 Å². The predicted octanol–water partition coefficient (Wildman–Crippen LogP) is 1.52. The van der Waals surface area contributed by atoms with E-state index >= 15 is 0 Å². The van der Waals surface area contributed by atoms with Crippen molar-refractivity contribution in [2.45, 2.75) is 75.0 Å². The van der Waals surface area contributed by atoms with Crippen LogP contribution in [0.1, 0.15) is 51.4 Å². The highest BCUT2D eigenvalue weighted by atomic mass is 16.8.